The third kappa shape index (κ3) is 3.84. The van der Waals surface area contributed by atoms with Gasteiger partial charge in [-0.25, -0.2) is 9.97 Å². The zero-order chi connectivity index (χ0) is 15.5. The van der Waals surface area contributed by atoms with Crippen molar-refractivity contribution >= 4 is 11.6 Å². The van der Waals surface area contributed by atoms with Crippen LogP contribution in [0.15, 0.2) is 6.33 Å². The summed E-state index contributed by atoms with van der Waals surface area (Å²) < 4.78 is 0. The van der Waals surface area contributed by atoms with E-state index in [-0.39, 0.29) is 5.54 Å². The molecule has 1 saturated heterocycles. The number of nitrogens with zero attached hydrogens (tertiary/aromatic N) is 4. The molecule has 1 aliphatic rings. The Labute approximate surface area is 128 Å². The van der Waals surface area contributed by atoms with Crippen LogP contribution < -0.4 is 10.2 Å². The average molecular weight is 291 g/mol. The van der Waals surface area contributed by atoms with Gasteiger partial charge in [0.15, 0.2) is 0 Å². The molecule has 0 aliphatic carbocycles. The van der Waals surface area contributed by atoms with Crippen molar-refractivity contribution in [3.05, 3.63) is 11.9 Å². The molecule has 0 bridgehead atoms. The highest BCUT2D eigenvalue weighted by Gasteiger charge is 2.27. The van der Waals surface area contributed by atoms with Crippen LogP contribution in [0.2, 0.25) is 0 Å². The quantitative estimate of drug-likeness (QED) is 0.923. The van der Waals surface area contributed by atoms with Crippen LogP contribution in [-0.4, -0.2) is 53.1 Å². The Kier molecular flexibility index (Phi) is 5.04. The van der Waals surface area contributed by atoms with Crippen LogP contribution in [-0.2, 0) is 0 Å². The van der Waals surface area contributed by atoms with Gasteiger partial charge in [0.05, 0.1) is 0 Å². The second-order valence-electron chi connectivity index (χ2n) is 6.74. The van der Waals surface area contributed by atoms with Crippen LogP contribution in [0.25, 0.3) is 0 Å². The van der Waals surface area contributed by atoms with Gasteiger partial charge < -0.3 is 10.2 Å². The van der Waals surface area contributed by atoms with Gasteiger partial charge >= 0.3 is 0 Å². The summed E-state index contributed by atoms with van der Waals surface area (Å²) in [5, 5.41) is 3.39. The van der Waals surface area contributed by atoms with Gasteiger partial charge in [-0.1, -0.05) is 6.92 Å². The lowest BCUT2D eigenvalue weighted by atomic mass is 10.0. The molecule has 1 aromatic heterocycles. The van der Waals surface area contributed by atoms with Crippen molar-refractivity contribution in [2.24, 2.45) is 0 Å². The van der Waals surface area contributed by atoms with Gasteiger partial charge in [0, 0.05) is 43.8 Å². The molecule has 0 saturated carbocycles. The highest BCUT2D eigenvalue weighted by atomic mass is 15.3. The molecule has 0 amide bonds. The summed E-state index contributed by atoms with van der Waals surface area (Å²) in [5.41, 5.74) is 1.41. The van der Waals surface area contributed by atoms with Crippen LogP contribution in [0.4, 0.5) is 11.6 Å². The van der Waals surface area contributed by atoms with E-state index in [1.165, 1.54) is 0 Å². The van der Waals surface area contributed by atoms with E-state index in [9.17, 15) is 0 Å². The van der Waals surface area contributed by atoms with Crippen molar-refractivity contribution in [2.75, 3.05) is 42.9 Å². The van der Waals surface area contributed by atoms with Gasteiger partial charge in [0.1, 0.15) is 18.0 Å². The van der Waals surface area contributed by atoms with Crippen LogP contribution in [0.3, 0.4) is 0 Å². The van der Waals surface area contributed by atoms with Crippen LogP contribution in [0.5, 0.6) is 0 Å². The van der Waals surface area contributed by atoms with Gasteiger partial charge in [-0.05, 0) is 34.1 Å². The molecule has 0 radical (unpaired) electrons. The van der Waals surface area contributed by atoms with E-state index < -0.39 is 0 Å². The third-order valence-electron chi connectivity index (χ3n) is 4.13. The molecule has 1 aliphatic heterocycles. The fourth-order valence-corrected chi connectivity index (χ4v) is 2.77. The first-order chi connectivity index (χ1) is 9.93. The molecule has 1 aromatic rings. The first-order valence-electron chi connectivity index (χ1n) is 7.99. The van der Waals surface area contributed by atoms with E-state index in [2.05, 4.69) is 59.7 Å². The first-order valence-corrected chi connectivity index (χ1v) is 7.99. The predicted octanol–water partition coefficient (Wildman–Crippen LogP) is 2.53. The second-order valence-corrected chi connectivity index (χ2v) is 6.74. The maximum absolute atomic E-state index is 4.51. The van der Waals surface area contributed by atoms with Gasteiger partial charge in [-0.3, -0.25) is 4.90 Å². The predicted molar refractivity (Wildman–Crippen MR) is 89.1 cm³/mol. The average Bonchev–Trinajstić information content (AvgIpc) is 2.45. The van der Waals surface area contributed by atoms with E-state index in [0.29, 0.717) is 0 Å². The smallest absolute Gasteiger partial charge is 0.137 e. The Hall–Kier alpha value is -1.36. The van der Waals surface area contributed by atoms with Crippen LogP contribution >= 0.6 is 0 Å². The second kappa shape index (κ2) is 6.60. The summed E-state index contributed by atoms with van der Waals surface area (Å²) in [4.78, 5) is 13.8. The standard InChI is InChI=1S/C16H29N5/c1-6-7-17-14-13(2)15(19-12-18-14)20-8-10-21(11-9-20)16(3,4)5/h12H,6-11H2,1-5H3,(H,17,18,19). The lowest BCUT2D eigenvalue weighted by molar-refractivity contribution is 0.128. The normalized spacial score (nSPS) is 17.1. The topological polar surface area (TPSA) is 44.3 Å². The zero-order valence-electron chi connectivity index (χ0n) is 14.1. The Morgan fingerprint density at radius 3 is 2.38 bits per heavy atom. The highest BCUT2D eigenvalue weighted by Crippen LogP contribution is 2.24. The number of hydrogen-bond donors (Lipinski definition) is 1. The van der Waals surface area contributed by atoms with Crippen molar-refractivity contribution in [1.29, 1.82) is 0 Å². The Bertz CT molecular complexity index is 458. The molecular formula is C16H29N5. The van der Waals surface area contributed by atoms with Crippen molar-refractivity contribution in [1.82, 2.24) is 14.9 Å². The Morgan fingerprint density at radius 2 is 1.81 bits per heavy atom. The largest absolute Gasteiger partial charge is 0.370 e. The summed E-state index contributed by atoms with van der Waals surface area (Å²) in [7, 11) is 0. The van der Waals surface area contributed by atoms with Gasteiger partial charge in [-0.2, -0.15) is 0 Å². The molecule has 0 unspecified atom stereocenters. The van der Waals surface area contributed by atoms with E-state index in [0.717, 1.165) is 56.3 Å². The van der Waals surface area contributed by atoms with Crippen LogP contribution in [0.1, 0.15) is 39.7 Å². The van der Waals surface area contributed by atoms with E-state index in [4.69, 9.17) is 0 Å². The lowest BCUT2D eigenvalue weighted by Gasteiger charge is -2.42. The molecule has 0 atom stereocenters. The molecule has 5 nitrogen and oxygen atoms in total. The number of hydrogen-bond acceptors (Lipinski definition) is 5. The van der Waals surface area contributed by atoms with Crippen molar-refractivity contribution in [3.8, 4) is 0 Å². The molecule has 1 fully saturated rings. The monoisotopic (exact) mass is 291 g/mol. The molecule has 0 spiro atoms. The lowest BCUT2D eigenvalue weighted by Crippen LogP contribution is -2.53. The molecule has 21 heavy (non-hydrogen) atoms. The fraction of sp³-hybridized carbons (Fsp3) is 0.750. The first kappa shape index (κ1) is 16.0. The zero-order valence-corrected chi connectivity index (χ0v) is 14.1. The Morgan fingerprint density at radius 1 is 1.14 bits per heavy atom. The van der Waals surface area contributed by atoms with E-state index in [1.807, 2.05) is 0 Å². The summed E-state index contributed by atoms with van der Waals surface area (Å²) >= 11 is 0. The molecule has 5 heteroatoms. The highest BCUT2D eigenvalue weighted by molar-refractivity contribution is 5.58. The summed E-state index contributed by atoms with van der Waals surface area (Å²) in [6.07, 6.45) is 2.78. The van der Waals surface area contributed by atoms with E-state index >= 15 is 0 Å². The maximum atomic E-state index is 4.51. The maximum Gasteiger partial charge on any atom is 0.137 e. The fourth-order valence-electron chi connectivity index (χ4n) is 2.77. The minimum atomic E-state index is 0.251. The van der Waals surface area contributed by atoms with Crippen molar-refractivity contribution < 1.29 is 0 Å². The molecular weight excluding hydrogens is 262 g/mol. The van der Waals surface area contributed by atoms with E-state index in [1.54, 1.807) is 6.33 Å². The Balaban J connectivity index is 2.06. The number of piperazine rings is 1. The molecule has 2 rings (SSSR count). The molecule has 2 heterocycles. The number of nitrogens with one attached hydrogen (secondary N) is 1. The molecule has 1 N–H and O–H groups in total. The third-order valence-corrected chi connectivity index (χ3v) is 4.13. The van der Waals surface area contributed by atoms with Gasteiger partial charge in [0.25, 0.3) is 0 Å². The van der Waals surface area contributed by atoms with Gasteiger partial charge in [-0.15, -0.1) is 0 Å². The van der Waals surface area contributed by atoms with Crippen molar-refractivity contribution in [3.63, 3.8) is 0 Å². The SMILES string of the molecule is CCCNc1ncnc(N2CCN(C(C)(C)C)CC2)c1C. The molecule has 0 aromatic carbocycles. The summed E-state index contributed by atoms with van der Waals surface area (Å²) in [6, 6.07) is 0. The van der Waals surface area contributed by atoms with Crippen LogP contribution in [0, 0.1) is 6.92 Å². The molecule has 118 valence electrons. The van der Waals surface area contributed by atoms with Gasteiger partial charge in [0.2, 0.25) is 0 Å². The summed E-state index contributed by atoms with van der Waals surface area (Å²) in [5.74, 6) is 2.05. The number of aromatic nitrogens is 2. The minimum absolute atomic E-state index is 0.251. The summed E-state index contributed by atoms with van der Waals surface area (Å²) in [6.45, 7) is 16.3. The van der Waals surface area contributed by atoms with Crippen molar-refractivity contribution in [2.45, 2.75) is 46.6 Å². The number of rotatable bonds is 4. The number of anilines is 2. The minimum Gasteiger partial charge on any atom is -0.370 e.